The molecule has 0 unspecified atom stereocenters. The van der Waals surface area contributed by atoms with Gasteiger partial charge in [-0.15, -0.1) is 0 Å². The molecule has 0 aliphatic rings. The van der Waals surface area contributed by atoms with E-state index >= 15 is 0 Å². The second-order valence-corrected chi connectivity index (χ2v) is 7.16. The van der Waals surface area contributed by atoms with E-state index in [-0.39, 0.29) is 10.9 Å². The summed E-state index contributed by atoms with van der Waals surface area (Å²) < 4.78 is 5.58. The smallest absolute Gasteiger partial charge is 0.248 e. The van der Waals surface area contributed by atoms with Crippen molar-refractivity contribution in [2.75, 3.05) is 13.2 Å². The number of hydrogen-bond donors (Lipinski definition) is 0. The van der Waals surface area contributed by atoms with Crippen molar-refractivity contribution in [1.82, 2.24) is 0 Å². The third-order valence-electron chi connectivity index (χ3n) is 3.49. The summed E-state index contributed by atoms with van der Waals surface area (Å²) in [6.07, 6.45) is 0. The highest BCUT2D eigenvalue weighted by Gasteiger charge is 2.28. The van der Waals surface area contributed by atoms with Gasteiger partial charge < -0.3 is 9.58 Å². The third-order valence-corrected chi connectivity index (χ3v) is 5.72. The van der Waals surface area contributed by atoms with Crippen LogP contribution in [0.3, 0.4) is 0 Å². The summed E-state index contributed by atoms with van der Waals surface area (Å²) in [7, 11) is -0.134. The molecule has 3 heteroatoms. The Morgan fingerprint density at radius 1 is 0.708 bits per heavy atom. The van der Waals surface area contributed by atoms with Crippen molar-refractivity contribution in [3.63, 3.8) is 0 Å². The van der Waals surface area contributed by atoms with Crippen molar-refractivity contribution in [1.29, 1.82) is 0 Å². The number of benzene rings is 3. The van der Waals surface area contributed by atoms with E-state index in [0.29, 0.717) is 13.2 Å². The maximum Gasteiger partial charge on any atom is 0.248 e. The van der Waals surface area contributed by atoms with Crippen LogP contribution in [0.1, 0.15) is 0 Å². The topological polar surface area (TPSA) is 13.6 Å². The number of hydrogen-bond acceptors (Lipinski definition) is 1. The molecule has 0 heterocycles. The fourth-order valence-corrected chi connectivity index (χ4v) is 4.49. The number of ether oxygens (including phenoxy) is 1. The standard InChI is InChI=1S/C21H18NOS/c1-22-16-17-23-18-12-14-21(15-13-18)24(19-8-4-2-5-9-19)20-10-6-3-7-11-20/h2-15H,16-17H2/q+1. The Bertz CT molecular complexity index is 755. The summed E-state index contributed by atoms with van der Waals surface area (Å²) in [6, 6.07) is 29.4. The Labute approximate surface area is 145 Å². The van der Waals surface area contributed by atoms with E-state index in [9.17, 15) is 0 Å². The van der Waals surface area contributed by atoms with Gasteiger partial charge in [0.2, 0.25) is 6.54 Å². The first-order chi connectivity index (χ1) is 11.9. The molecule has 3 aromatic rings. The van der Waals surface area contributed by atoms with Crippen LogP contribution in [0.15, 0.2) is 99.6 Å². The summed E-state index contributed by atoms with van der Waals surface area (Å²) in [6.45, 7) is 7.62. The van der Waals surface area contributed by atoms with Gasteiger partial charge in [0.15, 0.2) is 21.3 Å². The maximum atomic E-state index is 6.80. The zero-order chi connectivity index (χ0) is 16.6. The molecule has 0 amide bonds. The zero-order valence-electron chi connectivity index (χ0n) is 13.3. The molecular weight excluding hydrogens is 314 g/mol. The predicted molar refractivity (Wildman–Crippen MR) is 98.5 cm³/mol. The second kappa shape index (κ2) is 8.24. The number of nitrogens with zero attached hydrogens (tertiary/aromatic N) is 1. The average molecular weight is 332 g/mol. The molecule has 0 fully saturated rings. The molecule has 3 rings (SSSR count). The first-order valence-electron chi connectivity index (χ1n) is 7.79. The molecule has 24 heavy (non-hydrogen) atoms. The molecule has 0 radical (unpaired) electrons. The number of rotatable bonds is 6. The van der Waals surface area contributed by atoms with Gasteiger partial charge in [0.1, 0.15) is 5.75 Å². The molecule has 0 bridgehead atoms. The monoisotopic (exact) mass is 332 g/mol. The molecule has 0 N–H and O–H groups in total. The van der Waals surface area contributed by atoms with Crippen molar-refractivity contribution in [3.05, 3.63) is 96.3 Å². The van der Waals surface area contributed by atoms with Gasteiger partial charge in [-0.3, -0.25) is 0 Å². The fourth-order valence-electron chi connectivity index (χ4n) is 2.40. The quantitative estimate of drug-likeness (QED) is 0.349. The van der Waals surface area contributed by atoms with Crippen LogP contribution < -0.4 is 4.74 Å². The van der Waals surface area contributed by atoms with Crippen LogP contribution in [0.4, 0.5) is 0 Å². The molecule has 118 valence electrons. The molecule has 0 spiro atoms. The maximum absolute atomic E-state index is 6.80. The Morgan fingerprint density at radius 3 is 1.71 bits per heavy atom. The van der Waals surface area contributed by atoms with Crippen LogP contribution >= 0.6 is 0 Å². The van der Waals surface area contributed by atoms with Crippen molar-refractivity contribution in [2.45, 2.75) is 14.7 Å². The highest BCUT2D eigenvalue weighted by molar-refractivity contribution is 7.97. The first kappa shape index (κ1) is 16.2. The summed E-state index contributed by atoms with van der Waals surface area (Å²) >= 11 is 0. The van der Waals surface area contributed by atoms with Crippen molar-refractivity contribution < 1.29 is 4.74 Å². The minimum absolute atomic E-state index is 0.134. The lowest BCUT2D eigenvalue weighted by Gasteiger charge is -2.08. The summed E-state index contributed by atoms with van der Waals surface area (Å²) in [4.78, 5) is 7.15. The van der Waals surface area contributed by atoms with Gasteiger partial charge in [0.25, 0.3) is 0 Å². The van der Waals surface area contributed by atoms with E-state index in [1.807, 2.05) is 24.3 Å². The van der Waals surface area contributed by atoms with Crippen LogP contribution in [-0.2, 0) is 10.9 Å². The normalized spacial score (nSPS) is 10.3. The summed E-state index contributed by atoms with van der Waals surface area (Å²) in [5.74, 6) is 0.812. The van der Waals surface area contributed by atoms with E-state index < -0.39 is 0 Å². The van der Waals surface area contributed by atoms with Gasteiger partial charge in [0.05, 0.1) is 10.9 Å². The van der Waals surface area contributed by atoms with E-state index in [4.69, 9.17) is 11.3 Å². The second-order valence-electron chi connectivity index (χ2n) is 5.13. The van der Waals surface area contributed by atoms with Crippen LogP contribution in [0.2, 0.25) is 0 Å². The average Bonchev–Trinajstić information content (AvgIpc) is 2.65. The van der Waals surface area contributed by atoms with Gasteiger partial charge in [-0.2, -0.15) is 0 Å². The highest BCUT2D eigenvalue weighted by atomic mass is 32.2. The van der Waals surface area contributed by atoms with Crippen LogP contribution in [0.5, 0.6) is 5.75 Å². The molecule has 2 nitrogen and oxygen atoms in total. The first-order valence-corrected chi connectivity index (χ1v) is 9.01. The molecule has 0 atom stereocenters. The van der Waals surface area contributed by atoms with Crippen LogP contribution in [-0.4, -0.2) is 13.2 Å². The molecule has 0 aromatic heterocycles. The van der Waals surface area contributed by atoms with Gasteiger partial charge in [-0.1, -0.05) is 36.4 Å². The zero-order valence-corrected chi connectivity index (χ0v) is 14.1. The van der Waals surface area contributed by atoms with E-state index in [0.717, 1.165) is 5.75 Å². The third kappa shape index (κ3) is 3.98. The minimum Gasteiger partial charge on any atom is -0.486 e. The van der Waals surface area contributed by atoms with E-state index in [1.54, 1.807) is 0 Å². The Morgan fingerprint density at radius 2 is 1.21 bits per heavy atom. The highest BCUT2D eigenvalue weighted by Crippen LogP contribution is 2.31. The molecule has 0 aliphatic heterocycles. The molecule has 3 aromatic carbocycles. The van der Waals surface area contributed by atoms with Crippen LogP contribution in [0.25, 0.3) is 4.85 Å². The van der Waals surface area contributed by atoms with Crippen molar-refractivity contribution >= 4 is 10.9 Å². The van der Waals surface area contributed by atoms with Gasteiger partial charge in [-0.25, -0.2) is 6.57 Å². The molecule has 0 aliphatic carbocycles. The Hall–Kier alpha value is -2.70. The summed E-state index contributed by atoms with van der Waals surface area (Å²) in [5, 5.41) is 0. The Kier molecular flexibility index (Phi) is 5.55. The van der Waals surface area contributed by atoms with Gasteiger partial charge in [0, 0.05) is 0 Å². The lowest BCUT2D eigenvalue weighted by Crippen LogP contribution is -2.05. The summed E-state index contributed by atoms with van der Waals surface area (Å²) in [5.41, 5.74) is 0. The van der Waals surface area contributed by atoms with Gasteiger partial charge in [-0.05, 0) is 48.5 Å². The lowest BCUT2D eigenvalue weighted by molar-refractivity contribution is 0.336. The predicted octanol–water partition coefficient (Wildman–Crippen LogP) is 5.08. The van der Waals surface area contributed by atoms with E-state index in [2.05, 4.69) is 65.5 Å². The molecule has 0 saturated carbocycles. The lowest BCUT2D eigenvalue weighted by atomic mass is 10.3. The van der Waals surface area contributed by atoms with Gasteiger partial charge >= 0.3 is 0 Å². The largest absolute Gasteiger partial charge is 0.486 e. The van der Waals surface area contributed by atoms with Crippen molar-refractivity contribution in [3.8, 4) is 5.75 Å². The van der Waals surface area contributed by atoms with E-state index in [1.165, 1.54) is 14.7 Å². The van der Waals surface area contributed by atoms with Crippen LogP contribution in [0, 0.1) is 6.57 Å². The Balaban J connectivity index is 1.90. The minimum atomic E-state index is -0.134. The fraction of sp³-hybridized carbons (Fsp3) is 0.0952. The molecule has 0 saturated heterocycles. The molecular formula is C21H18NOS+. The van der Waals surface area contributed by atoms with Crippen molar-refractivity contribution in [2.24, 2.45) is 0 Å². The SMILES string of the molecule is [C-]#[N+]CCOc1ccc([S+](c2ccccc2)c2ccccc2)cc1.